The van der Waals surface area contributed by atoms with Gasteiger partial charge in [0.15, 0.2) is 0 Å². The molecule has 0 unspecified atom stereocenters. The van der Waals surface area contributed by atoms with E-state index in [1.54, 1.807) is 0 Å². The molecule has 1 heteroatoms. The van der Waals surface area contributed by atoms with E-state index < -0.39 is 0 Å². The zero-order chi connectivity index (χ0) is 8.81. The molecule has 1 nitrogen and oxygen atoms in total. The second kappa shape index (κ2) is 4.91. The third-order valence-electron chi connectivity index (χ3n) is 2.04. The smallest absolute Gasteiger partial charge is 0.0431 e. The molecule has 0 N–H and O–H groups in total. The molecule has 0 fully saturated rings. The maximum Gasteiger partial charge on any atom is 0.0431 e. The largest absolute Gasteiger partial charge is 0.265 e. The molecule has 0 amide bonds. The summed E-state index contributed by atoms with van der Waals surface area (Å²) in [6.45, 7) is 4.31. The minimum absolute atomic E-state index is 1.10. The van der Waals surface area contributed by atoms with Gasteiger partial charge in [0.05, 0.1) is 0 Å². The van der Waals surface area contributed by atoms with Crippen molar-refractivity contribution < 1.29 is 0 Å². The fourth-order valence-electron chi connectivity index (χ4n) is 1.24. The first-order valence-electron chi connectivity index (χ1n) is 4.73. The third kappa shape index (κ3) is 2.65. The molecule has 1 rings (SSSR count). The quantitative estimate of drug-likeness (QED) is 0.565. The lowest BCUT2D eigenvalue weighted by Crippen LogP contribution is -1.89. The molecule has 0 heterocycles. The number of unbranched alkanes of at least 4 members (excludes halogenated alkanes) is 1. The Morgan fingerprint density at radius 2 is 2.42 bits per heavy atom. The van der Waals surface area contributed by atoms with Gasteiger partial charge in [0.1, 0.15) is 0 Å². The first-order chi connectivity index (χ1) is 5.84. The lowest BCUT2D eigenvalue weighted by atomic mass is 10.1. The van der Waals surface area contributed by atoms with Crippen molar-refractivity contribution in [3.05, 3.63) is 23.4 Å². The average Bonchev–Trinajstić information content (AvgIpc) is 2.09. The van der Waals surface area contributed by atoms with Crippen LogP contribution < -0.4 is 0 Å². The van der Waals surface area contributed by atoms with Crippen LogP contribution in [0.1, 0.15) is 39.5 Å². The fourth-order valence-corrected chi connectivity index (χ4v) is 1.24. The SMILES string of the molecule is CCCC=NC1=C(C)C=CCC1. The van der Waals surface area contributed by atoms with Crippen molar-refractivity contribution >= 4 is 6.21 Å². The van der Waals surface area contributed by atoms with E-state index in [9.17, 15) is 0 Å². The summed E-state index contributed by atoms with van der Waals surface area (Å²) in [6.07, 6.45) is 11.0. The van der Waals surface area contributed by atoms with Crippen molar-refractivity contribution in [2.45, 2.75) is 39.5 Å². The highest BCUT2D eigenvalue weighted by atomic mass is 14.7. The van der Waals surface area contributed by atoms with Crippen LogP contribution in [0.25, 0.3) is 0 Å². The van der Waals surface area contributed by atoms with Crippen LogP contribution in [0.15, 0.2) is 28.4 Å². The van der Waals surface area contributed by atoms with Crippen molar-refractivity contribution in [1.82, 2.24) is 0 Å². The molecular formula is C11H17N. The highest BCUT2D eigenvalue weighted by Crippen LogP contribution is 2.18. The first kappa shape index (κ1) is 9.24. The molecule has 0 aromatic rings. The standard InChI is InChI=1S/C11H17N/c1-3-4-9-12-11-8-6-5-7-10(11)2/h5,7,9H,3-4,6,8H2,1-2H3. The summed E-state index contributed by atoms with van der Waals surface area (Å²) in [7, 11) is 0. The molecule has 0 aromatic carbocycles. The minimum atomic E-state index is 1.10. The van der Waals surface area contributed by atoms with Crippen molar-refractivity contribution in [2.75, 3.05) is 0 Å². The van der Waals surface area contributed by atoms with Crippen LogP contribution in [0.4, 0.5) is 0 Å². The van der Waals surface area contributed by atoms with Gasteiger partial charge < -0.3 is 0 Å². The summed E-state index contributed by atoms with van der Waals surface area (Å²) in [5.74, 6) is 0. The minimum Gasteiger partial charge on any atom is -0.265 e. The van der Waals surface area contributed by atoms with Crippen LogP contribution >= 0.6 is 0 Å². The molecule has 0 saturated carbocycles. The van der Waals surface area contributed by atoms with Crippen LogP contribution in [-0.2, 0) is 0 Å². The van der Waals surface area contributed by atoms with E-state index in [-0.39, 0.29) is 0 Å². The van der Waals surface area contributed by atoms with Crippen molar-refractivity contribution in [2.24, 2.45) is 4.99 Å². The number of hydrogen-bond acceptors (Lipinski definition) is 1. The first-order valence-corrected chi connectivity index (χ1v) is 4.73. The number of hydrogen-bond donors (Lipinski definition) is 0. The maximum atomic E-state index is 4.46. The van der Waals surface area contributed by atoms with Gasteiger partial charge in [0, 0.05) is 11.9 Å². The van der Waals surface area contributed by atoms with Gasteiger partial charge in [-0.3, -0.25) is 4.99 Å². The number of aliphatic imine (C=N–C) groups is 1. The Morgan fingerprint density at radius 3 is 3.08 bits per heavy atom. The lowest BCUT2D eigenvalue weighted by molar-refractivity contribution is 0.916. The Morgan fingerprint density at radius 1 is 1.58 bits per heavy atom. The molecule has 0 aromatic heterocycles. The Hall–Kier alpha value is -0.850. The van der Waals surface area contributed by atoms with Gasteiger partial charge in [0.25, 0.3) is 0 Å². The second-order valence-corrected chi connectivity index (χ2v) is 3.17. The number of rotatable bonds is 3. The Bertz CT molecular complexity index is 221. The Labute approximate surface area is 74.9 Å². The zero-order valence-electron chi connectivity index (χ0n) is 8.01. The van der Waals surface area contributed by atoms with Gasteiger partial charge in [-0.2, -0.15) is 0 Å². The van der Waals surface area contributed by atoms with Gasteiger partial charge in [0.2, 0.25) is 0 Å². The van der Waals surface area contributed by atoms with E-state index in [0.717, 1.165) is 19.3 Å². The Balaban J connectivity index is 2.54. The van der Waals surface area contributed by atoms with E-state index in [1.165, 1.54) is 17.7 Å². The summed E-state index contributed by atoms with van der Waals surface area (Å²) in [5.41, 5.74) is 2.60. The predicted octanol–water partition coefficient (Wildman–Crippen LogP) is 3.48. The summed E-state index contributed by atoms with van der Waals surface area (Å²) in [5, 5.41) is 0. The highest BCUT2D eigenvalue weighted by Gasteiger charge is 2.01. The van der Waals surface area contributed by atoms with Crippen LogP contribution in [0.5, 0.6) is 0 Å². The molecule has 12 heavy (non-hydrogen) atoms. The van der Waals surface area contributed by atoms with Gasteiger partial charge >= 0.3 is 0 Å². The van der Waals surface area contributed by atoms with E-state index in [2.05, 4.69) is 31.0 Å². The number of allylic oxidation sites excluding steroid dienone is 4. The van der Waals surface area contributed by atoms with Gasteiger partial charge in [-0.15, -0.1) is 0 Å². The fraction of sp³-hybridized carbons (Fsp3) is 0.545. The Kier molecular flexibility index (Phi) is 3.78. The van der Waals surface area contributed by atoms with Crippen LogP contribution in [-0.4, -0.2) is 6.21 Å². The molecule has 0 bridgehead atoms. The van der Waals surface area contributed by atoms with E-state index in [1.807, 2.05) is 6.21 Å². The van der Waals surface area contributed by atoms with Crippen LogP contribution in [0.3, 0.4) is 0 Å². The van der Waals surface area contributed by atoms with Crippen molar-refractivity contribution in [3.8, 4) is 0 Å². The van der Waals surface area contributed by atoms with Crippen molar-refractivity contribution in [1.29, 1.82) is 0 Å². The maximum absolute atomic E-state index is 4.46. The third-order valence-corrected chi connectivity index (χ3v) is 2.04. The van der Waals surface area contributed by atoms with E-state index >= 15 is 0 Å². The summed E-state index contributed by atoms with van der Waals surface area (Å²) < 4.78 is 0. The summed E-state index contributed by atoms with van der Waals surface area (Å²) >= 11 is 0. The van der Waals surface area contributed by atoms with Crippen LogP contribution in [0.2, 0.25) is 0 Å². The lowest BCUT2D eigenvalue weighted by Gasteiger charge is -2.07. The van der Waals surface area contributed by atoms with E-state index in [4.69, 9.17) is 0 Å². The molecule has 0 saturated heterocycles. The zero-order valence-corrected chi connectivity index (χ0v) is 8.01. The molecule has 0 atom stereocenters. The molecule has 1 aliphatic carbocycles. The van der Waals surface area contributed by atoms with E-state index in [0.29, 0.717) is 0 Å². The normalized spacial score (nSPS) is 17.8. The molecule has 1 aliphatic rings. The van der Waals surface area contributed by atoms with Crippen molar-refractivity contribution in [3.63, 3.8) is 0 Å². The number of nitrogens with zero attached hydrogens (tertiary/aromatic N) is 1. The summed E-state index contributed by atoms with van der Waals surface area (Å²) in [4.78, 5) is 4.46. The predicted molar refractivity (Wildman–Crippen MR) is 54.5 cm³/mol. The van der Waals surface area contributed by atoms with Gasteiger partial charge in [-0.25, -0.2) is 0 Å². The molecule has 66 valence electrons. The highest BCUT2D eigenvalue weighted by molar-refractivity contribution is 5.59. The summed E-state index contributed by atoms with van der Waals surface area (Å²) in [6, 6.07) is 0. The molecule has 0 aliphatic heterocycles. The average molecular weight is 163 g/mol. The van der Waals surface area contributed by atoms with Gasteiger partial charge in [-0.1, -0.05) is 25.5 Å². The molecule has 0 spiro atoms. The second-order valence-electron chi connectivity index (χ2n) is 3.17. The molecule has 0 radical (unpaired) electrons. The monoisotopic (exact) mass is 163 g/mol. The van der Waals surface area contributed by atoms with Gasteiger partial charge in [-0.05, 0) is 31.8 Å². The molecular weight excluding hydrogens is 146 g/mol. The topological polar surface area (TPSA) is 12.4 Å². The van der Waals surface area contributed by atoms with Crippen LogP contribution in [0, 0.1) is 0 Å².